The fourth-order valence-corrected chi connectivity index (χ4v) is 1.14. The molecule has 0 saturated carbocycles. The van der Waals surface area contributed by atoms with Gasteiger partial charge in [0.05, 0.1) is 6.54 Å². The van der Waals surface area contributed by atoms with E-state index in [1.165, 1.54) is 5.56 Å². The monoisotopic (exact) mass is 186 g/mol. The highest BCUT2D eigenvalue weighted by molar-refractivity contribution is 9.10. The Kier molecular flexibility index (Phi) is 2.25. The van der Waals surface area contributed by atoms with Crippen LogP contribution in [0.3, 0.4) is 0 Å². The molecule has 9 heavy (non-hydrogen) atoms. The molecule has 1 rings (SSSR count). The van der Waals surface area contributed by atoms with Crippen molar-refractivity contribution in [1.82, 2.24) is 0 Å². The smallest absolute Gasteiger partial charge is 0.0997 e. The molecule has 0 aromatic heterocycles. The second-order valence-corrected chi connectivity index (χ2v) is 2.80. The fourth-order valence-electron chi connectivity index (χ4n) is 0.692. The van der Waals surface area contributed by atoms with Gasteiger partial charge in [0.1, 0.15) is 0 Å². The number of hydrogen-bond acceptors (Lipinski definition) is 0. The van der Waals surface area contributed by atoms with Gasteiger partial charge in [0.2, 0.25) is 0 Å². The predicted octanol–water partition coefficient (Wildman–Crippen LogP) is 1.19. The van der Waals surface area contributed by atoms with E-state index < -0.39 is 0 Å². The van der Waals surface area contributed by atoms with Gasteiger partial charge in [-0.2, -0.15) is 0 Å². The van der Waals surface area contributed by atoms with Crippen LogP contribution >= 0.6 is 15.9 Å². The summed E-state index contributed by atoms with van der Waals surface area (Å²) in [7, 11) is 0. The van der Waals surface area contributed by atoms with Gasteiger partial charge in [-0.25, -0.2) is 0 Å². The van der Waals surface area contributed by atoms with E-state index in [2.05, 4.69) is 33.8 Å². The maximum absolute atomic E-state index is 3.78. The quantitative estimate of drug-likeness (QED) is 0.683. The molecule has 0 bridgehead atoms. The second-order valence-electron chi connectivity index (χ2n) is 1.88. The lowest BCUT2D eigenvalue weighted by Gasteiger charge is -1.92. The van der Waals surface area contributed by atoms with Gasteiger partial charge in [0.25, 0.3) is 0 Å². The van der Waals surface area contributed by atoms with Crippen LogP contribution in [-0.4, -0.2) is 0 Å². The number of halogens is 1. The average molecular weight is 187 g/mol. The van der Waals surface area contributed by atoms with E-state index in [0.29, 0.717) is 0 Å². The minimum atomic E-state index is 0.861. The molecule has 0 radical (unpaired) electrons. The van der Waals surface area contributed by atoms with Crippen LogP contribution in [0.15, 0.2) is 28.7 Å². The first-order valence-corrected chi connectivity index (χ1v) is 3.66. The zero-order valence-electron chi connectivity index (χ0n) is 5.10. The van der Waals surface area contributed by atoms with Crippen molar-refractivity contribution in [1.29, 1.82) is 0 Å². The largest absolute Gasteiger partial charge is 0.354 e. The van der Waals surface area contributed by atoms with E-state index in [-0.39, 0.29) is 0 Å². The van der Waals surface area contributed by atoms with Crippen LogP contribution in [0.2, 0.25) is 0 Å². The van der Waals surface area contributed by atoms with E-state index in [4.69, 9.17) is 0 Å². The van der Waals surface area contributed by atoms with Crippen molar-refractivity contribution in [3.63, 3.8) is 0 Å². The topological polar surface area (TPSA) is 27.6 Å². The SMILES string of the molecule is [NH3+]Cc1cccc(Br)c1. The summed E-state index contributed by atoms with van der Waals surface area (Å²) in [5.74, 6) is 0. The lowest BCUT2D eigenvalue weighted by Crippen LogP contribution is -2.47. The molecule has 0 unspecified atom stereocenters. The normalized spacial score (nSPS) is 9.56. The standard InChI is InChI=1S/C7H8BrN/c8-7-3-1-2-6(4-7)5-9/h1-4H,5,9H2/p+1. The van der Waals surface area contributed by atoms with Gasteiger partial charge in [-0.15, -0.1) is 0 Å². The second kappa shape index (κ2) is 2.99. The van der Waals surface area contributed by atoms with Gasteiger partial charge in [0.15, 0.2) is 0 Å². The maximum atomic E-state index is 3.78. The predicted molar refractivity (Wildman–Crippen MR) is 40.7 cm³/mol. The van der Waals surface area contributed by atoms with Gasteiger partial charge in [0, 0.05) is 10.0 Å². The molecule has 0 atom stereocenters. The van der Waals surface area contributed by atoms with Gasteiger partial charge < -0.3 is 5.73 Å². The van der Waals surface area contributed by atoms with E-state index in [0.717, 1.165) is 11.0 Å². The highest BCUT2D eigenvalue weighted by Gasteiger charge is 1.89. The van der Waals surface area contributed by atoms with Crippen LogP contribution in [0.4, 0.5) is 0 Å². The van der Waals surface area contributed by atoms with Crippen LogP contribution in [0, 0.1) is 0 Å². The Labute approximate surface area is 63.0 Å². The lowest BCUT2D eigenvalue weighted by molar-refractivity contribution is -0.386. The molecular formula is C7H9BrN+. The minimum absolute atomic E-state index is 0.861. The minimum Gasteiger partial charge on any atom is -0.354 e. The number of hydrogen-bond donors (Lipinski definition) is 1. The molecule has 1 nitrogen and oxygen atoms in total. The first-order valence-electron chi connectivity index (χ1n) is 2.86. The third-order valence-electron chi connectivity index (χ3n) is 1.18. The number of benzene rings is 1. The van der Waals surface area contributed by atoms with Crippen molar-refractivity contribution in [3.05, 3.63) is 34.3 Å². The number of quaternary nitrogens is 1. The Morgan fingerprint density at radius 2 is 2.22 bits per heavy atom. The van der Waals surface area contributed by atoms with Crippen LogP contribution in [0.25, 0.3) is 0 Å². The first-order chi connectivity index (χ1) is 4.33. The van der Waals surface area contributed by atoms with Crippen molar-refractivity contribution in [3.8, 4) is 0 Å². The molecule has 0 saturated heterocycles. The zero-order valence-corrected chi connectivity index (χ0v) is 6.69. The third kappa shape index (κ3) is 1.80. The Hall–Kier alpha value is -0.340. The summed E-state index contributed by atoms with van der Waals surface area (Å²) in [5.41, 5.74) is 5.04. The van der Waals surface area contributed by atoms with Gasteiger partial charge >= 0.3 is 0 Å². The molecule has 0 aliphatic carbocycles. The van der Waals surface area contributed by atoms with E-state index in [1.807, 2.05) is 12.1 Å². The maximum Gasteiger partial charge on any atom is 0.0997 e. The zero-order chi connectivity index (χ0) is 6.69. The molecule has 0 heterocycles. The van der Waals surface area contributed by atoms with Crippen LogP contribution in [0.1, 0.15) is 5.56 Å². The summed E-state index contributed by atoms with van der Waals surface area (Å²) in [4.78, 5) is 0. The van der Waals surface area contributed by atoms with Crippen molar-refractivity contribution in [2.24, 2.45) is 0 Å². The van der Waals surface area contributed by atoms with Gasteiger partial charge in [-0.1, -0.05) is 28.1 Å². The van der Waals surface area contributed by atoms with Gasteiger partial charge in [-0.3, -0.25) is 0 Å². The molecule has 3 N–H and O–H groups in total. The summed E-state index contributed by atoms with van der Waals surface area (Å²) in [5, 5.41) is 0. The fraction of sp³-hybridized carbons (Fsp3) is 0.143. The van der Waals surface area contributed by atoms with E-state index in [1.54, 1.807) is 0 Å². The molecule has 0 amide bonds. The van der Waals surface area contributed by atoms with Crippen LogP contribution in [0.5, 0.6) is 0 Å². The Morgan fingerprint density at radius 3 is 2.67 bits per heavy atom. The molecule has 1 aromatic carbocycles. The summed E-state index contributed by atoms with van der Waals surface area (Å²) in [6, 6.07) is 8.18. The molecule has 2 heteroatoms. The summed E-state index contributed by atoms with van der Waals surface area (Å²) >= 11 is 3.38. The molecule has 0 aliphatic heterocycles. The Balaban J connectivity index is 2.94. The summed E-state index contributed by atoms with van der Waals surface area (Å²) in [6.07, 6.45) is 0. The Morgan fingerprint density at radius 1 is 1.44 bits per heavy atom. The molecule has 48 valence electrons. The highest BCUT2D eigenvalue weighted by atomic mass is 79.9. The van der Waals surface area contributed by atoms with Crippen LogP contribution in [-0.2, 0) is 6.54 Å². The molecule has 0 spiro atoms. The van der Waals surface area contributed by atoms with Gasteiger partial charge in [-0.05, 0) is 12.1 Å². The van der Waals surface area contributed by atoms with E-state index in [9.17, 15) is 0 Å². The Bertz CT molecular complexity index is 198. The average Bonchev–Trinajstić information content (AvgIpc) is 1.88. The molecule has 0 aliphatic rings. The summed E-state index contributed by atoms with van der Waals surface area (Å²) < 4.78 is 1.13. The van der Waals surface area contributed by atoms with Crippen molar-refractivity contribution in [2.75, 3.05) is 0 Å². The third-order valence-corrected chi connectivity index (χ3v) is 1.67. The van der Waals surface area contributed by atoms with Crippen molar-refractivity contribution >= 4 is 15.9 Å². The van der Waals surface area contributed by atoms with Crippen molar-refractivity contribution < 1.29 is 5.73 Å². The summed E-state index contributed by atoms with van der Waals surface area (Å²) in [6.45, 7) is 0.861. The molecule has 1 aromatic rings. The first kappa shape index (κ1) is 6.78. The van der Waals surface area contributed by atoms with Crippen LogP contribution < -0.4 is 5.73 Å². The number of rotatable bonds is 1. The highest BCUT2D eigenvalue weighted by Crippen LogP contribution is 2.09. The molecule has 0 fully saturated rings. The van der Waals surface area contributed by atoms with Crippen molar-refractivity contribution in [2.45, 2.75) is 6.54 Å². The lowest BCUT2D eigenvalue weighted by atomic mass is 10.2. The molecular weight excluding hydrogens is 178 g/mol. The van der Waals surface area contributed by atoms with E-state index >= 15 is 0 Å².